The number of nitrogens with one attached hydrogen (secondary N) is 2. The minimum Gasteiger partial charge on any atom is -0.387 e. The molecule has 0 fully saturated rings. The van der Waals surface area contributed by atoms with Crippen LogP contribution in [0.3, 0.4) is 0 Å². The molecule has 0 bridgehead atoms. The molecule has 194 valence electrons. The molecule has 2 aromatic carbocycles. The Morgan fingerprint density at radius 1 is 1.08 bits per heavy atom. The molecule has 0 spiro atoms. The fourth-order valence-corrected chi connectivity index (χ4v) is 4.06. The van der Waals surface area contributed by atoms with Crippen molar-refractivity contribution >= 4 is 17.5 Å². The average Bonchev–Trinajstić information content (AvgIpc) is 3.00. The van der Waals surface area contributed by atoms with Crippen molar-refractivity contribution in [3.05, 3.63) is 66.2 Å². The van der Waals surface area contributed by atoms with Gasteiger partial charge in [0.05, 0.1) is 0 Å². The minimum absolute atomic E-state index is 0.240. The first-order chi connectivity index (χ1) is 17.0. The summed E-state index contributed by atoms with van der Waals surface area (Å²) in [4.78, 5) is 25.8. The predicted molar refractivity (Wildman–Crippen MR) is 138 cm³/mol. The van der Waals surface area contributed by atoms with E-state index in [2.05, 4.69) is 10.6 Å². The van der Waals surface area contributed by atoms with Crippen LogP contribution in [0, 0.1) is 5.41 Å². The second-order valence-corrected chi connectivity index (χ2v) is 10.2. The van der Waals surface area contributed by atoms with Crippen LogP contribution in [0.1, 0.15) is 32.8 Å². The Bertz CT molecular complexity index is 1080. The van der Waals surface area contributed by atoms with E-state index >= 15 is 0 Å². The molecule has 0 radical (unpaired) electrons. The maximum absolute atomic E-state index is 12.9. The zero-order valence-corrected chi connectivity index (χ0v) is 21.1. The molecular formula is C28H36N2O6. The number of ether oxygens (including phenoxy) is 1. The van der Waals surface area contributed by atoms with Crippen LogP contribution in [0.15, 0.2) is 60.7 Å². The van der Waals surface area contributed by atoms with Gasteiger partial charge >= 0.3 is 0 Å². The Balaban J connectivity index is 1.67. The lowest BCUT2D eigenvalue weighted by atomic mass is 9.94. The molecule has 2 aromatic rings. The van der Waals surface area contributed by atoms with Crippen LogP contribution < -0.4 is 10.6 Å². The summed E-state index contributed by atoms with van der Waals surface area (Å²) in [7, 11) is 1.21. The third-order valence-corrected chi connectivity index (χ3v) is 6.12. The van der Waals surface area contributed by atoms with E-state index in [9.17, 15) is 24.9 Å². The molecule has 0 saturated heterocycles. The zero-order valence-electron chi connectivity index (χ0n) is 21.1. The van der Waals surface area contributed by atoms with Crippen molar-refractivity contribution in [2.24, 2.45) is 5.41 Å². The van der Waals surface area contributed by atoms with E-state index in [1.54, 1.807) is 6.08 Å². The fourth-order valence-electron chi connectivity index (χ4n) is 4.06. The number of allylic oxidation sites excluding steroid dienone is 1. The monoisotopic (exact) mass is 496 g/mol. The first-order valence-electron chi connectivity index (χ1n) is 12.1. The summed E-state index contributed by atoms with van der Waals surface area (Å²) in [6.07, 6.45) is -2.31. The fraction of sp³-hybridized carbons (Fsp3) is 0.429. The second-order valence-electron chi connectivity index (χ2n) is 10.2. The summed E-state index contributed by atoms with van der Waals surface area (Å²) in [5.74, 6) is -1.14. The average molecular weight is 497 g/mol. The Hall–Kier alpha value is -3.04. The number of hydrogen-bond acceptors (Lipinski definition) is 6. The number of amides is 2. The highest BCUT2D eigenvalue weighted by Crippen LogP contribution is 2.28. The number of carbonyl (C=O) groups is 2. The van der Waals surface area contributed by atoms with Crippen LogP contribution in [0.4, 0.5) is 5.69 Å². The summed E-state index contributed by atoms with van der Waals surface area (Å²) < 4.78 is 5.14. The van der Waals surface area contributed by atoms with Crippen LogP contribution in [0.2, 0.25) is 0 Å². The summed E-state index contributed by atoms with van der Waals surface area (Å²) in [5.41, 5.74) is 3.49. The Morgan fingerprint density at radius 2 is 1.78 bits per heavy atom. The normalized spacial score (nSPS) is 19.5. The van der Waals surface area contributed by atoms with Gasteiger partial charge in [0.15, 0.2) is 6.10 Å². The van der Waals surface area contributed by atoms with Gasteiger partial charge in [-0.2, -0.15) is 0 Å². The van der Waals surface area contributed by atoms with Crippen molar-refractivity contribution < 1.29 is 29.6 Å². The smallest absolute Gasteiger partial charge is 0.252 e. The van der Waals surface area contributed by atoms with Crippen molar-refractivity contribution in [3.8, 4) is 11.1 Å². The highest BCUT2D eigenvalue weighted by Gasteiger charge is 2.37. The third kappa shape index (κ3) is 7.01. The molecule has 5 N–H and O–H groups in total. The van der Waals surface area contributed by atoms with Gasteiger partial charge in [-0.15, -0.1) is 0 Å². The summed E-state index contributed by atoms with van der Waals surface area (Å²) in [5, 5.41) is 36.7. The van der Waals surface area contributed by atoms with Gasteiger partial charge in [0.25, 0.3) is 5.91 Å². The van der Waals surface area contributed by atoms with Crippen molar-refractivity contribution in [1.29, 1.82) is 0 Å². The van der Waals surface area contributed by atoms with E-state index in [0.717, 1.165) is 16.7 Å². The number of rotatable bonds is 8. The minimum atomic E-state index is -1.71. The first kappa shape index (κ1) is 27.5. The van der Waals surface area contributed by atoms with E-state index in [1.807, 2.05) is 69.3 Å². The van der Waals surface area contributed by atoms with Gasteiger partial charge in [0, 0.05) is 12.8 Å². The molecule has 0 aliphatic carbocycles. The Labute approximate surface area is 212 Å². The number of carbonyl (C=O) groups excluding carboxylic acids is 2. The zero-order chi connectivity index (χ0) is 26.5. The number of aryl methyl sites for hydroxylation is 1. The molecule has 2 amide bonds. The summed E-state index contributed by atoms with van der Waals surface area (Å²) in [6, 6.07) is 14.9. The number of aliphatic hydroxyl groups excluding tert-OH is 3. The van der Waals surface area contributed by atoms with Crippen molar-refractivity contribution in [1.82, 2.24) is 5.32 Å². The summed E-state index contributed by atoms with van der Waals surface area (Å²) in [6.45, 7) is 5.76. The van der Waals surface area contributed by atoms with E-state index in [1.165, 1.54) is 13.2 Å². The Kier molecular flexibility index (Phi) is 9.03. The molecule has 36 heavy (non-hydrogen) atoms. The quantitative estimate of drug-likeness (QED) is 0.357. The standard InChI is InChI=1S/C28H36N2O6/c1-28(2,3)15-14-22(31)23(32)24(33)25(36-4)27(35)30-21-13-11-19-16-18(17-8-6-5-7-9-17)10-12-20(19)29-26(21)34/h5-10,12,14-16,21-25,31-33H,11,13H2,1-4H3,(H,29,34)(H,30,35)/b15-14+/t21-,22-,23+,24-,25-/m1/s1. The first-order valence-corrected chi connectivity index (χ1v) is 12.1. The van der Waals surface area contributed by atoms with E-state index in [4.69, 9.17) is 4.74 Å². The molecule has 0 aromatic heterocycles. The molecule has 3 rings (SSSR count). The van der Waals surface area contributed by atoms with Crippen molar-refractivity contribution in [2.75, 3.05) is 12.4 Å². The lowest BCUT2D eigenvalue weighted by molar-refractivity contribution is -0.150. The number of aliphatic hydroxyl groups is 3. The van der Waals surface area contributed by atoms with Crippen LogP contribution >= 0.6 is 0 Å². The third-order valence-electron chi connectivity index (χ3n) is 6.12. The van der Waals surface area contributed by atoms with E-state index in [0.29, 0.717) is 18.5 Å². The van der Waals surface area contributed by atoms with Gasteiger partial charge in [0.2, 0.25) is 5.91 Å². The van der Waals surface area contributed by atoms with Gasteiger partial charge in [0.1, 0.15) is 24.4 Å². The van der Waals surface area contributed by atoms with Gasteiger partial charge in [-0.3, -0.25) is 9.59 Å². The van der Waals surface area contributed by atoms with Gasteiger partial charge in [-0.05, 0) is 47.1 Å². The largest absolute Gasteiger partial charge is 0.387 e. The van der Waals surface area contributed by atoms with Crippen LogP contribution in [-0.4, -0.2) is 64.7 Å². The van der Waals surface area contributed by atoms with Crippen molar-refractivity contribution in [3.63, 3.8) is 0 Å². The molecular weight excluding hydrogens is 460 g/mol. The molecule has 0 saturated carbocycles. The van der Waals surface area contributed by atoms with E-state index < -0.39 is 36.4 Å². The maximum atomic E-state index is 12.9. The number of anilines is 1. The Morgan fingerprint density at radius 3 is 2.42 bits per heavy atom. The predicted octanol–water partition coefficient (Wildman–Crippen LogP) is 2.42. The van der Waals surface area contributed by atoms with Gasteiger partial charge in [-0.25, -0.2) is 0 Å². The lowest BCUT2D eigenvalue weighted by Crippen LogP contribution is -2.55. The number of fused-ring (bicyclic) bond motifs is 1. The van der Waals surface area contributed by atoms with E-state index in [-0.39, 0.29) is 11.3 Å². The highest BCUT2D eigenvalue weighted by atomic mass is 16.5. The van der Waals surface area contributed by atoms with Gasteiger partial charge < -0.3 is 30.7 Å². The molecule has 5 atom stereocenters. The van der Waals surface area contributed by atoms with Crippen LogP contribution in [0.25, 0.3) is 11.1 Å². The maximum Gasteiger partial charge on any atom is 0.252 e. The van der Waals surface area contributed by atoms with Crippen molar-refractivity contribution in [2.45, 2.75) is 64.1 Å². The number of benzene rings is 2. The summed E-state index contributed by atoms with van der Waals surface area (Å²) >= 11 is 0. The second kappa shape index (κ2) is 11.8. The molecule has 1 heterocycles. The molecule has 8 heteroatoms. The number of methoxy groups -OCH3 is 1. The number of hydrogen-bond donors (Lipinski definition) is 5. The molecule has 1 aliphatic heterocycles. The molecule has 1 aliphatic rings. The highest BCUT2D eigenvalue weighted by molar-refractivity contribution is 5.99. The van der Waals surface area contributed by atoms with Gasteiger partial charge in [-0.1, -0.05) is 69.3 Å². The van der Waals surface area contributed by atoms with Crippen LogP contribution in [0.5, 0.6) is 0 Å². The SMILES string of the molecule is CO[C@@H](C(=O)N[C@@H]1CCc2cc(-c3ccccc3)ccc2NC1=O)[C@H](O)[C@@H](O)[C@H](O)/C=C/C(C)(C)C. The topological polar surface area (TPSA) is 128 Å². The molecule has 8 nitrogen and oxygen atoms in total. The lowest BCUT2D eigenvalue weighted by Gasteiger charge is -2.28. The van der Waals surface area contributed by atoms with Crippen LogP contribution in [-0.2, 0) is 20.7 Å². The molecule has 0 unspecified atom stereocenters.